The second kappa shape index (κ2) is 6.53. The third-order valence-corrected chi connectivity index (χ3v) is 6.03. The molecule has 26 heavy (non-hydrogen) atoms. The van der Waals surface area contributed by atoms with Gasteiger partial charge in [0.05, 0.1) is 7.11 Å². The molecule has 3 heteroatoms. The lowest BCUT2D eigenvalue weighted by atomic mass is 9.62. The van der Waals surface area contributed by atoms with E-state index < -0.39 is 0 Å². The van der Waals surface area contributed by atoms with Gasteiger partial charge in [-0.3, -0.25) is 0 Å². The van der Waals surface area contributed by atoms with Crippen LogP contribution in [0.15, 0.2) is 35.5 Å². The molecule has 0 saturated heterocycles. The molecule has 0 atom stereocenters. The summed E-state index contributed by atoms with van der Waals surface area (Å²) in [5.41, 5.74) is 7.44. The molecule has 0 spiro atoms. The van der Waals surface area contributed by atoms with Crippen molar-refractivity contribution < 1.29 is 4.74 Å². The molecule has 0 saturated carbocycles. The van der Waals surface area contributed by atoms with Gasteiger partial charge < -0.3 is 4.74 Å². The van der Waals surface area contributed by atoms with Crippen LogP contribution in [0.5, 0.6) is 5.75 Å². The van der Waals surface area contributed by atoms with E-state index in [2.05, 4.69) is 51.9 Å². The first-order valence-electron chi connectivity index (χ1n) is 9.32. The smallest absolute Gasteiger partial charge is 0.127 e. The van der Waals surface area contributed by atoms with Gasteiger partial charge in [-0.2, -0.15) is 4.91 Å². The Morgan fingerprint density at radius 3 is 2.23 bits per heavy atom. The predicted molar refractivity (Wildman–Crippen MR) is 108 cm³/mol. The molecule has 138 valence electrons. The Balaban J connectivity index is 2.31. The zero-order valence-corrected chi connectivity index (χ0v) is 16.8. The third-order valence-electron chi connectivity index (χ3n) is 6.03. The number of ether oxygens (including phenoxy) is 1. The van der Waals surface area contributed by atoms with Crippen molar-refractivity contribution in [3.8, 4) is 16.9 Å². The van der Waals surface area contributed by atoms with Crippen molar-refractivity contribution in [1.82, 2.24) is 0 Å². The van der Waals surface area contributed by atoms with Crippen LogP contribution in [-0.2, 0) is 17.4 Å². The van der Waals surface area contributed by atoms with Crippen molar-refractivity contribution in [1.29, 1.82) is 0 Å². The zero-order valence-electron chi connectivity index (χ0n) is 16.8. The number of hydrogen-bond donors (Lipinski definition) is 0. The summed E-state index contributed by atoms with van der Waals surface area (Å²) >= 11 is 0. The van der Waals surface area contributed by atoms with Gasteiger partial charge in [-0.15, -0.1) is 0 Å². The van der Waals surface area contributed by atoms with E-state index in [4.69, 9.17) is 4.74 Å². The summed E-state index contributed by atoms with van der Waals surface area (Å²) in [6.07, 6.45) is 2.37. The minimum Gasteiger partial charge on any atom is -0.496 e. The zero-order chi connectivity index (χ0) is 19.1. The highest BCUT2D eigenvalue weighted by atomic mass is 16.5. The molecule has 3 nitrogen and oxygen atoms in total. The molecule has 0 amide bonds. The van der Waals surface area contributed by atoms with Gasteiger partial charge in [0.25, 0.3) is 0 Å². The maximum absolute atomic E-state index is 11.0. The highest BCUT2D eigenvalue weighted by Gasteiger charge is 2.37. The summed E-state index contributed by atoms with van der Waals surface area (Å²) in [5.74, 6) is 0.794. The Hall–Kier alpha value is -2.16. The van der Waals surface area contributed by atoms with Crippen LogP contribution >= 0.6 is 0 Å². The lowest BCUT2D eigenvalue weighted by Crippen LogP contribution is -2.34. The number of benzene rings is 2. The Morgan fingerprint density at radius 2 is 1.65 bits per heavy atom. The number of fused-ring (bicyclic) bond motifs is 1. The Bertz CT molecular complexity index is 850. The van der Waals surface area contributed by atoms with Gasteiger partial charge >= 0.3 is 0 Å². The van der Waals surface area contributed by atoms with E-state index in [-0.39, 0.29) is 17.4 Å². The average Bonchev–Trinajstić information content (AvgIpc) is 2.59. The summed E-state index contributed by atoms with van der Waals surface area (Å²) in [6.45, 7) is 11.6. The summed E-state index contributed by atoms with van der Waals surface area (Å²) in [7, 11) is 1.68. The largest absolute Gasteiger partial charge is 0.496 e. The van der Waals surface area contributed by atoms with Crippen LogP contribution in [0.1, 0.15) is 62.8 Å². The molecule has 0 bridgehead atoms. The second-order valence-electron chi connectivity index (χ2n) is 8.76. The summed E-state index contributed by atoms with van der Waals surface area (Å²) in [4.78, 5) is 11.0. The minimum atomic E-state index is 0.137. The molecular formula is C23H29NO2. The van der Waals surface area contributed by atoms with Gasteiger partial charge in [-0.05, 0) is 70.5 Å². The van der Waals surface area contributed by atoms with Gasteiger partial charge in [-0.25, -0.2) is 0 Å². The fraction of sp³-hybridized carbons (Fsp3) is 0.478. The average molecular weight is 351 g/mol. The number of methoxy groups -OCH3 is 1. The van der Waals surface area contributed by atoms with Crippen LogP contribution in [0, 0.1) is 11.8 Å². The van der Waals surface area contributed by atoms with E-state index in [1.165, 1.54) is 29.5 Å². The van der Waals surface area contributed by atoms with E-state index in [9.17, 15) is 4.91 Å². The topological polar surface area (TPSA) is 38.7 Å². The van der Waals surface area contributed by atoms with Crippen molar-refractivity contribution >= 4 is 0 Å². The number of rotatable bonds is 4. The van der Waals surface area contributed by atoms with E-state index in [0.717, 1.165) is 22.4 Å². The van der Waals surface area contributed by atoms with Crippen molar-refractivity contribution in [2.45, 2.75) is 64.8 Å². The Morgan fingerprint density at radius 1 is 1.04 bits per heavy atom. The molecule has 1 aliphatic rings. The monoisotopic (exact) mass is 351 g/mol. The van der Waals surface area contributed by atoms with E-state index in [1.807, 2.05) is 18.2 Å². The first-order chi connectivity index (χ1) is 12.2. The summed E-state index contributed by atoms with van der Waals surface area (Å²) in [5, 5.41) is 3.13. The lowest BCUT2D eigenvalue weighted by molar-refractivity contribution is 0.332. The van der Waals surface area contributed by atoms with Crippen molar-refractivity contribution in [2.75, 3.05) is 7.11 Å². The molecule has 2 aromatic rings. The van der Waals surface area contributed by atoms with E-state index >= 15 is 0 Å². The summed E-state index contributed by atoms with van der Waals surface area (Å²) in [6, 6.07) is 10.5. The quantitative estimate of drug-likeness (QED) is 0.607. The summed E-state index contributed by atoms with van der Waals surface area (Å²) < 4.78 is 5.64. The second-order valence-corrected chi connectivity index (χ2v) is 8.76. The van der Waals surface area contributed by atoms with Crippen molar-refractivity contribution in [2.24, 2.45) is 5.18 Å². The van der Waals surface area contributed by atoms with Gasteiger partial charge in [-0.1, -0.05) is 51.1 Å². The van der Waals surface area contributed by atoms with Crippen LogP contribution in [0.3, 0.4) is 0 Å². The standard InChI is InChI=1S/C23H29NO2/c1-15-12-18-19(23(4,5)11-10-22(18,2)3)13-17(15)21-16(14-24-25)8-7-9-20(21)26-6/h7-9,12-13H,10-11,14H2,1-6H3. The molecule has 0 fully saturated rings. The molecular weight excluding hydrogens is 322 g/mol. The molecule has 1 aliphatic carbocycles. The van der Waals surface area contributed by atoms with Crippen LogP contribution in [0.25, 0.3) is 11.1 Å². The van der Waals surface area contributed by atoms with E-state index in [1.54, 1.807) is 7.11 Å². The molecule has 0 unspecified atom stereocenters. The maximum atomic E-state index is 11.0. The first kappa shape index (κ1) is 18.6. The van der Waals surface area contributed by atoms with Crippen LogP contribution in [-0.4, -0.2) is 7.11 Å². The number of nitroso groups, excluding NO2 is 1. The lowest BCUT2D eigenvalue weighted by Gasteiger charge is -2.42. The van der Waals surface area contributed by atoms with Gasteiger partial charge in [0.15, 0.2) is 0 Å². The predicted octanol–water partition coefficient (Wildman–Crippen LogP) is 6.29. The van der Waals surface area contributed by atoms with Crippen LogP contribution in [0.2, 0.25) is 0 Å². The minimum absolute atomic E-state index is 0.137. The number of aryl methyl sites for hydroxylation is 1. The first-order valence-corrected chi connectivity index (χ1v) is 9.32. The number of hydrogen-bond acceptors (Lipinski definition) is 3. The van der Waals surface area contributed by atoms with E-state index in [0.29, 0.717) is 0 Å². The highest BCUT2D eigenvalue weighted by molar-refractivity contribution is 5.78. The third kappa shape index (κ3) is 3.04. The Kier molecular flexibility index (Phi) is 4.68. The fourth-order valence-corrected chi connectivity index (χ4v) is 4.25. The molecule has 0 heterocycles. The molecule has 0 aliphatic heterocycles. The van der Waals surface area contributed by atoms with Gasteiger partial charge in [0.1, 0.15) is 12.3 Å². The van der Waals surface area contributed by atoms with Crippen molar-refractivity contribution in [3.05, 3.63) is 57.5 Å². The SMILES string of the molecule is COc1cccc(CN=O)c1-c1cc2c(cc1C)C(C)(C)CCC2(C)C. The fourth-order valence-electron chi connectivity index (χ4n) is 4.25. The van der Waals surface area contributed by atoms with Crippen LogP contribution < -0.4 is 4.74 Å². The molecule has 2 aromatic carbocycles. The van der Waals surface area contributed by atoms with Gasteiger partial charge in [0, 0.05) is 5.56 Å². The maximum Gasteiger partial charge on any atom is 0.127 e. The molecule has 0 N–H and O–H groups in total. The number of nitrogens with zero attached hydrogens (tertiary/aromatic N) is 1. The molecule has 3 rings (SSSR count). The Labute approximate surface area is 156 Å². The molecule has 0 aromatic heterocycles. The van der Waals surface area contributed by atoms with Crippen molar-refractivity contribution in [3.63, 3.8) is 0 Å². The normalized spacial score (nSPS) is 17.5. The van der Waals surface area contributed by atoms with Crippen LogP contribution in [0.4, 0.5) is 0 Å². The van der Waals surface area contributed by atoms with Gasteiger partial charge in [0.2, 0.25) is 0 Å². The molecule has 0 radical (unpaired) electrons. The highest BCUT2D eigenvalue weighted by Crippen LogP contribution is 2.48.